The van der Waals surface area contributed by atoms with Crippen molar-refractivity contribution in [3.05, 3.63) is 95.1 Å². The van der Waals surface area contributed by atoms with Gasteiger partial charge >= 0.3 is 0 Å². The van der Waals surface area contributed by atoms with Gasteiger partial charge in [0.25, 0.3) is 0 Å². The van der Waals surface area contributed by atoms with E-state index in [1.807, 2.05) is 35.2 Å². The summed E-state index contributed by atoms with van der Waals surface area (Å²) >= 11 is 0. The van der Waals surface area contributed by atoms with Gasteiger partial charge in [-0.05, 0) is 60.0 Å². The van der Waals surface area contributed by atoms with Crippen LogP contribution in [0.1, 0.15) is 34.7 Å². The number of amides is 1. The minimum Gasteiger partial charge on any atom is -0.394 e. The molecule has 0 radical (unpaired) electrons. The summed E-state index contributed by atoms with van der Waals surface area (Å²) in [5.74, 6) is 5.99. The quantitative estimate of drug-likeness (QED) is 0.611. The van der Waals surface area contributed by atoms with Gasteiger partial charge in [-0.15, -0.1) is 0 Å². The maximum absolute atomic E-state index is 13.5. The van der Waals surface area contributed by atoms with Crippen LogP contribution in [0.2, 0.25) is 0 Å². The Labute approximate surface area is 192 Å². The van der Waals surface area contributed by atoms with Crippen LogP contribution < -0.4 is 5.32 Å². The number of fused-ring (bicyclic) bond motifs is 3. The average molecular weight is 442 g/mol. The molecular weight excluding hydrogens is 417 g/mol. The van der Waals surface area contributed by atoms with E-state index in [1.54, 1.807) is 24.5 Å². The van der Waals surface area contributed by atoms with Gasteiger partial charge in [0.1, 0.15) is 5.82 Å². The molecule has 2 aliphatic rings. The minimum atomic E-state index is -0.317. The number of aromatic nitrogens is 1. The number of hydrogen-bond donors (Lipinski definition) is 2. The monoisotopic (exact) mass is 441 g/mol. The Bertz CT molecular complexity index is 1230. The molecule has 0 spiro atoms. The molecule has 33 heavy (non-hydrogen) atoms. The molecule has 1 fully saturated rings. The van der Waals surface area contributed by atoms with Crippen LogP contribution in [0.5, 0.6) is 0 Å². The number of anilines is 1. The normalized spacial score (nSPS) is 20.8. The number of carbonyl (C=O) groups is 1. The van der Waals surface area contributed by atoms with Crippen molar-refractivity contribution in [1.29, 1.82) is 0 Å². The van der Waals surface area contributed by atoms with E-state index >= 15 is 0 Å². The van der Waals surface area contributed by atoms with Crippen LogP contribution in [0.4, 0.5) is 10.1 Å². The van der Waals surface area contributed by atoms with E-state index in [0.717, 1.165) is 28.8 Å². The topological polar surface area (TPSA) is 65.5 Å². The van der Waals surface area contributed by atoms with Crippen LogP contribution in [0, 0.1) is 23.6 Å². The van der Waals surface area contributed by atoms with Gasteiger partial charge in [-0.3, -0.25) is 9.78 Å². The first-order chi connectivity index (χ1) is 16.1. The van der Waals surface area contributed by atoms with Gasteiger partial charge in [0.05, 0.1) is 25.1 Å². The van der Waals surface area contributed by atoms with E-state index < -0.39 is 0 Å². The summed E-state index contributed by atoms with van der Waals surface area (Å²) in [6.07, 6.45) is 4.53. The molecule has 0 bridgehead atoms. The Kier molecular flexibility index (Phi) is 5.80. The van der Waals surface area contributed by atoms with Crippen molar-refractivity contribution < 1.29 is 14.3 Å². The van der Waals surface area contributed by atoms with E-state index in [9.17, 15) is 14.3 Å². The molecule has 166 valence electrons. The predicted molar refractivity (Wildman–Crippen MR) is 124 cm³/mol. The number of nitrogens with one attached hydrogen (secondary N) is 1. The van der Waals surface area contributed by atoms with Crippen LogP contribution in [-0.4, -0.2) is 40.1 Å². The zero-order chi connectivity index (χ0) is 22.8. The van der Waals surface area contributed by atoms with Crippen molar-refractivity contribution >= 4 is 11.6 Å². The smallest absolute Gasteiger partial charge is 0.227 e. The number of pyridine rings is 1. The van der Waals surface area contributed by atoms with Crippen LogP contribution in [-0.2, 0) is 11.2 Å². The van der Waals surface area contributed by atoms with Gasteiger partial charge in [-0.25, -0.2) is 4.39 Å². The summed E-state index contributed by atoms with van der Waals surface area (Å²) in [4.78, 5) is 19.3. The van der Waals surface area contributed by atoms with Crippen LogP contribution in [0.25, 0.3) is 0 Å². The maximum Gasteiger partial charge on any atom is 0.227 e. The summed E-state index contributed by atoms with van der Waals surface area (Å²) < 4.78 is 13.5. The van der Waals surface area contributed by atoms with Gasteiger partial charge in [-0.1, -0.05) is 24.0 Å². The van der Waals surface area contributed by atoms with Crippen LogP contribution in [0.3, 0.4) is 0 Å². The summed E-state index contributed by atoms with van der Waals surface area (Å²) in [5, 5.41) is 13.4. The van der Waals surface area contributed by atoms with Crippen molar-refractivity contribution in [2.75, 3.05) is 18.5 Å². The molecule has 3 aromatic rings. The summed E-state index contributed by atoms with van der Waals surface area (Å²) in [6.45, 7) is 0.650. The molecule has 6 heteroatoms. The summed E-state index contributed by atoms with van der Waals surface area (Å²) in [5.41, 5.74) is 4.21. The Morgan fingerprint density at radius 3 is 2.76 bits per heavy atom. The fourth-order valence-corrected chi connectivity index (χ4v) is 4.91. The molecule has 5 rings (SSSR count). The molecule has 1 aromatic heterocycles. The van der Waals surface area contributed by atoms with Gasteiger partial charge < -0.3 is 15.3 Å². The number of hydrogen-bond acceptors (Lipinski definition) is 4. The molecular formula is C27H24FN3O2. The van der Waals surface area contributed by atoms with Gasteiger partial charge in [-0.2, -0.15) is 0 Å². The third-order valence-corrected chi connectivity index (χ3v) is 6.44. The minimum absolute atomic E-state index is 0.00632. The largest absolute Gasteiger partial charge is 0.394 e. The molecule has 5 nitrogen and oxygen atoms in total. The fourth-order valence-electron chi connectivity index (χ4n) is 4.91. The second-order valence-corrected chi connectivity index (χ2v) is 8.52. The SMILES string of the molecule is O=C(Cc1cccnc1)N1CC[C@@H]2[C@H]1c1cc(C#Cc3cccc(F)c3)ccc1N[C@@H]2CO. The summed E-state index contributed by atoms with van der Waals surface area (Å²) in [6, 6.07) is 15.6. The lowest BCUT2D eigenvalue weighted by molar-refractivity contribution is -0.131. The molecule has 0 saturated carbocycles. The molecule has 2 aliphatic heterocycles. The Balaban J connectivity index is 1.47. The van der Waals surface area contributed by atoms with Crippen molar-refractivity contribution in [2.24, 2.45) is 5.92 Å². The molecule has 2 N–H and O–H groups in total. The first kappa shape index (κ1) is 21.2. The molecule has 1 saturated heterocycles. The van der Waals surface area contributed by atoms with E-state index in [0.29, 0.717) is 18.5 Å². The van der Waals surface area contributed by atoms with Crippen molar-refractivity contribution in [2.45, 2.75) is 24.9 Å². The number of rotatable bonds is 3. The van der Waals surface area contributed by atoms with E-state index in [2.05, 4.69) is 22.1 Å². The maximum atomic E-state index is 13.5. The third-order valence-electron chi connectivity index (χ3n) is 6.44. The first-order valence-corrected chi connectivity index (χ1v) is 11.1. The average Bonchev–Trinajstić information content (AvgIpc) is 3.29. The summed E-state index contributed by atoms with van der Waals surface area (Å²) in [7, 11) is 0. The number of likely N-dealkylation sites (tertiary alicyclic amines) is 1. The highest BCUT2D eigenvalue weighted by Crippen LogP contribution is 2.46. The lowest BCUT2D eigenvalue weighted by Crippen LogP contribution is -2.43. The molecule has 1 amide bonds. The number of carbonyl (C=O) groups excluding carboxylic acids is 1. The number of halogens is 1. The van der Waals surface area contributed by atoms with E-state index in [1.165, 1.54) is 12.1 Å². The predicted octanol–water partition coefficient (Wildman–Crippen LogP) is 3.54. The fraction of sp³-hybridized carbons (Fsp3) is 0.259. The molecule has 3 heterocycles. The molecule has 3 atom stereocenters. The molecule has 0 unspecified atom stereocenters. The Hall–Kier alpha value is -3.69. The Morgan fingerprint density at radius 2 is 2.00 bits per heavy atom. The van der Waals surface area contributed by atoms with Crippen LogP contribution in [0.15, 0.2) is 67.0 Å². The number of nitrogens with zero attached hydrogens (tertiary/aromatic N) is 2. The molecule has 2 aromatic carbocycles. The van der Waals surface area contributed by atoms with Gasteiger partial charge in [0.2, 0.25) is 5.91 Å². The highest BCUT2D eigenvalue weighted by molar-refractivity contribution is 5.80. The number of aliphatic hydroxyl groups is 1. The highest BCUT2D eigenvalue weighted by atomic mass is 19.1. The van der Waals surface area contributed by atoms with E-state index in [4.69, 9.17) is 0 Å². The zero-order valence-corrected chi connectivity index (χ0v) is 18.0. The standard InChI is InChI=1S/C27H24FN3O2/c28-21-5-1-3-18(13-21)6-7-19-8-9-24-23(14-19)27-22(25(17-32)30-24)10-12-31(27)26(33)15-20-4-2-11-29-16-20/h1-5,8-9,11,13-14,16,22,25,27,30,32H,10,12,15,17H2/t22-,25+,27-/m0/s1. The van der Waals surface area contributed by atoms with E-state index in [-0.39, 0.29) is 36.3 Å². The highest BCUT2D eigenvalue weighted by Gasteiger charge is 2.45. The lowest BCUT2D eigenvalue weighted by Gasteiger charge is -2.39. The van der Waals surface area contributed by atoms with Crippen molar-refractivity contribution in [1.82, 2.24) is 9.88 Å². The van der Waals surface area contributed by atoms with Gasteiger partial charge in [0.15, 0.2) is 0 Å². The second kappa shape index (κ2) is 9.05. The zero-order valence-electron chi connectivity index (χ0n) is 18.0. The number of aliphatic hydroxyl groups excluding tert-OH is 1. The third kappa shape index (κ3) is 4.33. The van der Waals surface area contributed by atoms with Crippen LogP contribution >= 0.6 is 0 Å². The lowest BCUT2D eigenvalue weighted by atomic mass is 9.82. The number of benzene rings is 2. The van der Waals surface area contributed by atoms with Crippen molar-refractivity contribution in [3.8, 4) is 11.8 Å². The van der Waals surface area contributed by atoms with Crippen molar-refractivity contribution in [3.63, 3.8) is 0 Å². The first-order valence-electron chi connectivity index (χ1n) is 11.1. The second-order valence-electron chi connectivity index (χ2n) is 8.52. The Morgan fingerprint density at radius 1 is 1.15 bits per heavy atom. The van der Waals surface area contributed by atoms with Gasteiger partial charge in [0, 0.05) is 41.7 Å². The molecule has 0 aliphatic carbocycles.